The first-order valence-corrected chi connectivity index (χ1v) is 8.20. The molecule has 0 heterocycles. The van der Waals surface area contributed by atoms with Crippen molar-refractivity contribution in [2.24, 2.45) is 16.1 Å². The Morgan fingerprint density at radius 1 is 1.26 bits per heavy atom. The standard InChI is InChI=1S/C18H28N4O/c1-13-7-8-15(11-14(13)2)21-17(19)20-12-18(9-5-6-10-18)16(23)22(3)4/h7-8,11H,5-6,9-10,12H2,1-4H3,(H3,19,20,21). The number of anilines is 1. The van der Waals surface area contributed by atoms with Crippen molar-refractivity contribution >= 4 is 17.6 Å². The van der Waals surface area contributed by atoms with Gasteiger partial charge in [0.1, 0.15) is 0 Å². The number of nitrogens with two attached hydrogens (primary N) is 1. The topological polar surface area (TPSA) is 70.7 Å². The van der Waals surface area contributed by atoms with E-state index >= 15 is 0 Å². The lowest BCUT2D eigenvalue weighted by Gasteiger charge is -2.29. The van der Waals surface area contributed by atoms with Crippen molar-refractivity contribution in [1.82, 2.24) is 4.90 Å². The Morgan fingerprint density at radius 3 is 2.48 bits per heavy atom. The number of aliphatic imine (C=N–C) groups is 1. The largest absolute Gasteiger partial charge is 0.370 e. The molecule has 0 spiro atoms. The maximum absolute atomic E-state index is 12.5. The lowest BCUT2D eigenvalue weighted by Crippen LogP contribution is -2.41. The molecule has 0 bridgehead atoms. The molecule has 5 nitrogen and oxygen atoms in total. The zero-order valence-corrected chi connectivity index (χ0v) is 14.6. The lowest BCUT2D eigenvalue weighted by molar-refractivity contribution is -0.138. The van der Waals surface area contributed by atoms with Crippen LogP contribution < -0.4 is 11.1 Å². The number of carbonyl (C=O) groups excluding carboxylic acids is 1. The normalized spacial score (nSPS) is 17.1. The van der Waals surface area contributed by atoms with Crippen molar-refractivity contribution in [2.45, 2.75) is 39.5 Å². The molecule has 0 atom stereocenters. The second-order valence-corrected chi connectivity index (χ2v) is 6.81. The Morgan fingerprint density at radius 2 is 1.91 bits per heavy atom. The molecule has 1 aliphatic rings. The van der Waals surface area contributed by atoms with Gasteiger partial charge >= 0.3 is 0 Å². The fourth-order valence-corrected chi connectivity index (χ4v) is 3.21. The fourth-order valence-electron chi connectivity index (χ4n) is 3.21. The van der Waals surface area contributed by atoms with Crippen molar-refractivity contribution in [3.63, 3.8) is 0 Å². The van der Waals surface area contributed by atoms with Gasteiger partial charge in [0.2, 0.25) is 5.91 Å². The lowest BCUT2D eigenvalue weighted by atomic mass is 9.85. The fraction of sp³-hybridized carbons (Fsp3) is 0.556. The van der Waals surface area contributed by atoms with Crippen LogP contribution in [-0.4, -0.2) is 37.4 Å². The molecule has 0 saturated heterocycles. The Labute approximate surface area is 139 Å². The van der Waals surface area contributed by atoms with E-state index in [4.69, 9.17) is 5.73 Å². The van der Waals surface area contributed by atoms with Crippen LogP contribution in [0.1, 0.15) is 36.8 Å². The second kappa shape index (κ2) is 7.02. The average Bonchev–Trinajstić information content (AvgIpc) is 2.98. The minimum absolute atomic E-state index is 0.165. The first-order chi connectivity index (χ1) is 10.8. The van der Waals surface area contributed by atoms with Gasteiger partial charge in [-0.3, -0.25) is 9.79 Å². The van der Waals surface area contributed by atoms with Gasteiger partial charge in [0, 0.05) is 19.8 Å². The summed E-state index contributed by atoms with van der Waals surface area (Å²) in [6, 6.07) is 6.09. The highest BCUT2D eigenvalue weighted by atomic mass is 16.2. The molecular weight excluding hydrogens is 288 g/mol. The first kappa shape index (κ1) is 17.3. The van der Waals surface area contributed by atoms with Crippen molar-refractivity contribution in [1.29, 1.82) is 0 Å². The van der Waals surface area contributed by atoms with Gasteiger partial charge in [0.25, 0.3) is 0 Å². The molecule has 0 unspecified atom stereocenters. The summed E-state index contributed by atoms with van der Waals surface area (Å²) >= 11 is 0. The second-order valence-electron chi connectivity index (χ2n) is 6.81. The highest BCUT2D eigenvalue weighted by Gasteiger charge is 2.41. The van der Waals surface area contributed by atoms with E-state index in [0.717, 1.165) is 31.4 Å². The van der Waals surface area contributed by atoms with E-state index in [0.29, 0.717) is 12.5 Å². The van der Waals surface area contributed by atoms with Crippen LogP contribution in [0.3, 0.4) is 0 Å². The number of guanidine groups is 1. The molecule has 1 fully saturated rings. The van der Waals surface area contributed by atoms with Crippen LogP contribution in [0.4, 0.5) is 5.69 Å². The molecule has 0 aliphatic heterocycles. The van der Waals surface area contributed by atoms with E-state index in [-0.39, 0.29) is 11.3 Å². The van der Waals surface area contributed by atoms with Crippen LogP contribution in [-0.2, 0) is 4.79 Å². The summed E-state index contributed by atoms with van der Waals surface area (Å²) in [6.45, 7) is 4.60. The molecule has 1 saturated carbocycles. The maximum atomic E-state index is 12.5. The van der Waals surface area contributed by atoms with Crippen LogP contribution in [0.5, 0.6) is 0 Å². The quantitative estimate of drug-likeness (QED) is 0.663. The molecule has 0 radical (unpaired) electrons. The smallest absolute Gasteiger partial charge is 0.230 e. The number of amides is 1. The monoisotopic (exact) mass is 316 g/mol. The Bertz CT molecular complexity index is 601. The summed E-state index contributed by atoms with van der Waals surface area (Å²) in [6.07, 6.45) is 3.95. The summed E-state index contributed by atoms with van der Waals surface area (Å²) in [5, 5.41) is 3.12. The van der Waals surface area contributed by atoms with Crippen LogP contribution in [0, 0.1) is 19.3 Å². The van der Waals surface area contributed by atoms with E-state index in [1.807, 2.05) is 26.2 Å². The van der Waals surface area contributed by atoms with Crippen LogP contribution in [0.2, 0.25) is 0 Å². The van der Waals surface area contributed by atoms with Gasteiger partial charge in [-0.25, -0.2) is 0 Å². The molecule has 1 aromatic carbocycles. The predicted octanol–water partition coefficient (Wildman–Crippen LogP) is 2.68. The molecule has 5 heteroatoms. The number of carbonyl (C=O) groups is 1. The number of hydrogen-bond acceptors (Lipinski definition) is 2. The zero-order valence-electron chi connectivity index (χ0n) is 14.6. The van der Waals surface area contributed by atoms with Crippen LogP contribution >= 0.6 is 0 Å². The van der Waals surface area contributed by atoms with Crippen molar-refractivity contribution < 1.29 is 4.79 Å². The average molecular weight is 316 g/mol. The minimum atomic E-state index is -0.376. The highest BCUT2D eigenvalue weighted by molar-refractivity contribution is 5.92. The maximum Gasteiger partial charge on any atom is 0.230 e. The predicted molar refractivity (Wildman–Crippen MR) is 95.6 cm³/mol. The molecule has 23 heavy (non-hydrogen) atoms. The van der Waals surface area contributed by atoms with E-state index in [1.54, 1.807) is 4.90 Å². The molecule has 126 valence electrons. The molecule has 1 amide bonds. The SMILES string of the molecule is Cc1ccc(NC(N)=NCC2(C(=O)N(C)C)CCCC2)cc1C. The summed E-state index contributed by atoms with van der Waals surface area (Å²) < 4.78 is 0. The summed E-state index contributed by atoms with van der Waals surface area (Å²) in [4.78, 5) is 18.7. The Hall–Kier alpha value is -2.04. The first-order valence-electron chi connectivity index (χ1n) is 8.20. The van der Waals surface area contributed by atoms with E-state index < -0.39 is 0 Å². The molecule has 0 aromatic heterocycles. The zero-order chi connectivity index (χ0) is 17.0. The number of nitrogens with zero attached hydrogens (tertiary/aromatic N) is 2. The van der Waals surface area contributed by atoms with Gasteiger partial charge in [-0.05, 0) is 49.9 Å². The molecular formula is C18H28N4O. The number of benzene rings is 1. The van der Waals surface area contributed by atoms with E-state index in [1.165, 1.54) is 11.1 Å². The van der Waals surface area contributed by atoms with Crippen molar-refractivity contribution in [2.75, 3.05) is 26.0 Å². The third-order valence-electron chi connectivity index (χ3n) is 4.75. The molecule has 1 aromatic rings. The summed E-state index contributed by atoms with van der Waals surface area (Å²) in [5.41, 5.74) is 9.02. The minimum Gasteiger partial charge on any atom is -0.370 e. The van der Waals surface area contributed by atoms with Gasteiger partial charge in [-0.1, -0.05) is 18.9 Å². The van der Waals surface area contributed by atoms with Crippen molar-refractivity contribution in [3.05, 3.63) is 29.3 Å². The van der Waals surface area contributed by atoms with Crippen molar-refractivity contribution in [3.8, 4) is 0 Å². The van der Waals surface area contributed by atoms with Gasteiger partial charge < -0.3 is 16.0 Å². The van der Waals surface area contributed by atoms with Gasteiger partial charge in [0.15, 0.2) is 5.96 Å². The molecule has 3 N–H and O–H groups in total. The third kappa shape index (κ3) is 4.03. The van der Waals surface area contributed by atoms with Crippen LogP contribution in [0.25, 0.3) is 0 Å². The molecule has 1 aliphatic carbocycles. The van der Waals surface area contributed by atoms with Gasteiger partial charge in [-0.2, -0.15) is 0 Å². The highest BCUT2D eigenvalue weighted by Crippen LogP contribution is 2.39. The Kier molecular flexibility index (Phi) is 5.29. The van der Waals surface area contributed by atoms with E-state index in [9.17, 15) is 4.79 Å². The van der Waals surface area contributed by atoms with Gasteiger partial charge in [0.05, 0.1) is 12.0 Å². The number of hydrogen-bond donors (Lipinski definition) is 2. The molecule has 2 rings (SSSR count). The summed E-state index contributed by atoms with van der Waals surface area (Å²) in [5.74, 6) is 0.531. The third-order valence-corrected chi connectivity index (χ3v) is 4.75. The van der Waals surface area contributed by atoms with E-state index in [2.05, 4.69) is 30.2 Å². The number of rotatable bonds is 4. The number of aryl methyl sites for hydroxylation is 2. The Balaban J connectivity index is 2.07. The number of nitrogens with one attached hydrogen (secondary N) is 1. The summed E-state index contributed by atoms with van der Waals surface area (Å²) in [7, 11) is 3.62. The van der Waals surface area contributed by atoms with Crippen LogP contribution in [0.15, 0.2) is 23.2 Å². The van der Waals surface area contributed by atoms with Gasteiger partial charge in [-0.15, -0.1) is 0 Å².